The van der Waals surface area contributed by atoms with E-state index in [1.54, 1.807) is 28.9 Å². The number of amides is 1. The van der Waals surface area contributed by atoms with Crippen molar-refractivity contribution in [2.45, 2.75) is 25.3 Å². The van der Waals surface area contributed by atoms with Crippen LogP contribution in [0, 0.1) is 13.8 Å². The van der Waals surface area contributed by atoms with E-state index < -0.39 is 15.9 Å². The van der Waals surface area contributed by atoms with Gasteiger partial charge in [0.1, 0.15) is 5.69 Å². The molecular weight excluding hydrogens is 472 g/mol. The molecule has 7 nitrogen and oxygen atoms in total. The Kier molecular flexibility index (Phi) is 5.97. The monoisotopic (exact) mass is 498 g/mol. The van der Waals surface area contributed by atoms with Crippen LogP contribution in [0.4, 0.5) is 0 Å². The van der Waals surface area contributed by atoms with Gasteiger partial charge in [0, 0.05) is 29.7 Å². The Morgan fingerprint density at radius 1 is 0.917 bits per heavy atom. The minimum Gasteiger partial charge on any atom is -0.351 e. The van der Waals surface area contributed by atoms with Crippen LogP contribution in [0.25, 0.3) is 22.2 Å². The summed E-state index contributed by atoms with van der Waals surface area (Å²) in [5.41, 5.74) is 5.84. The number of aromatic nitrogens is 3. The Labute approximate surface area is 210 Å². The van der Waals surface area contributed by atoms with E-state index in [0.29, 0.717) is 12.2 Å². The number of nitrogens with one attached hydrogen (secondary N) is 1. The normalized spacial score (nSPS) is 11.6. The quantitative estimate of drug-likeness (QED) is 0.364. The summed E-state index contributed by atoms with van der Waals surface area (Å²) in [6, 6.07) is 23.4. The molecule has 1 N–H and O–H groups in total. The number of benzene rings is 3. The van der Waals surface area contributed by atoms with Gasteiger partial charge >= 0.3 is 0 Å². The number of hydrogen-bond acceptors (Lipinski definition) is 4. The first-order valence-electron chi connectivity index (χ1n) is 11.5. The predicted molar refractivity (Wildman–Crippen MR) is 140 cm³/mol. The summed E-state index contributed by atoms with van der Waals surface area (Å²) in [4.78, 5) is 13.4. The highest BCUT2D eigenvalue weighted by atomic mass is 32.2. The van der Waals surface area contributed by atoms with Crippen LogP contribution in [-0.4, -0.2) is 28.7 Å². The van der Waals surface area contributed by atoms with Gasteiger partial charge in [0.25, 0.3) is 15.9 Å². The van der Waals surface area contributed by atoms with Gasteiger partial charge in [0.2, 0.25) is 0 Å². The van der Waals surface area contributed by atoms with E-state index >= 15 is 0 Å². The van der Waals surface area contributed by atoms with Crippen molar-refractivity contribution in [3.05, 3.63) is 107 Å². The van der Waals surface area contributed by atoms with Crippen molar-refractivity contribution in [3.8, 4) is 11.3 Å². The third-order valence-electron chi connectivity index (χ3n) is 6.45. The smallest absolute Gasteiger partial charge is 0.283 e. The Morgan fingerprint density at radius 3 is 2.33 bits per heavy atom. The van der Waals surface area contributed by atoms with Crippen molar-refractivity contribution >= 4 is 26.8 Å². The molecule has 3 aromatic carbocycles. The molecule has 0 aliphatic heterocycles. The zero-order valence-electron chi connectivity index (χ0n) is 20.3. The van der Waals surface area contributed by atoms with Crippen LogP contribution in [0.5, 0.6) is 0 Å². The van der Waals surface area contributed by atoms with Gasteiger partial charge in [-0.15, -0.1) is 0 Å². The molecule has 2 heterocycles. The van der Waals surface area contributed by atoms with E-state index in [-0.39, 0.29) is 10.6 Å². The van der Waals surface area contributed by atoms with Gasteiger partial charge in [-0.2, -0.15) is 5.10 Å². The zero-order valence-corrected chi connectivity index (χ0v) is 21.1. The average molecular weight is 499 g/mol. The molecule has 1 amide bonds. The summed E-state index contributed by atoms with van der Waals surface area (Å²) >= 11 is 0. The standard InChI is InChI=1S/C28H26N4O3S/c1-19-9-7-10-20(2)24(19)18-32-27(28(33)30-36(34,35)21-11-5-4-6-12-21)17-25(29-32)22-13-8-14-26-23(22)15-16-31(26)3/h4-17H,18H2,1-3H3,(H,30,33). The highest BCUT2D eigenvalue weighted by Crippen LogP contribution is 2.29. The second-order valence-corrected chi connectivity index (χ2v) is 10.5. The molecule has 8 heteroatoms. The van der Waals surface area contributed by atoms with Gasteiger partial charge in [0.15, 0.2) is 0 Å². The summed E-state index contributed by atoms with van der Waals surface area (Å²) in [5, 5.41) is 5.79. The van der Waals surface area contributed by atoms with Crippen LogP contribution < -0.4 is 4.72 Å². The first kappa shape index (κ1) is 23.6. The second-order valence-electron chi connectivity index (χ2n) is 8.86. The molecule has 5 aromatic rings. The largest absolute Gasteiger partial charge is 0.351 e. The van der Waals surface area contributed by atoms with E-state index in [4.69, 9.17) is 5.10 Å². The highest BCUT2D eigenvalue weighted by molar-refractivity contribution is 7.90. The molecule has 36 heavy (non-hydrogen) atoms. The number of nitrogens with zero attached hydrogens (tertiary/aromatic N) is 3. The summed E-state index contributed by atoms with van der Waals surface area (Å²) in [6.45, 7) is 4.35. The maximum Gasteiger partial charge on any atom is 0.283 e. The Bertz CT molecular complexity index is 1680. The SMILES string of the molecule is Cc1cccc(C)c1Cn1nc(-c2cccc3c2ccn3C)cc1C(=O)NS(=O)(=O)c1ccccc1. The fourth-order valence-electron chi connectivity index (χ4n) is 4.46. The molecule has 0 radical (unpaired) electrons. The Hall–Kier alpha value is -4.17. The number of carbonyl (C=O) groups is 1. The topological polar surface area (TPSA) is 86.0 Å². The molecule has 0 bridgehead atoms. The van der Waals surface area contributed by atoms with Crippen LogP contribution in [0.15, 0.2) is 90.0 Å². The number of hydrogen-bond donors (Lipinski definition) is 1. The van der Waals surface area contributed by atoms with Gasteiger partial charge < -0.3 is 4.57 Å². The lowest BCUT2D eigenvalue weighted by Crippen LogP contribution is -2.32. The maximum atomic E-state index is 13.4. The third kappa shape index (κ3) is 4.31. The van der Waals surface area contributed by atoms with Crippen LogP contribution in [0.3, 0.4) is 0 Å². The van der Waals surface area contributed by atoms with Gasteiger partial charge in [-0.3, -0.25) is 9.48 Å². The van der Waals surface area contributed by atoms with Gasteiger partial charge in [-0.05, 0) is 60.9 Å². The highest BCUT2D eigenvalue weighted by Gasteiger charge is 2.24. The van der Waals surface area contributed by atoms with Gasteiger partial charge in [-0.25, -0.2) is 13.1 Å². The molecule has 0 aliphatic rings. The van der Waals surface area contributed by atoms with Crippen LogP contribution >= 0.6 is 0 Å². The van der Waals surface area contributed by atoms with Gasteiger partial charge in [0.05, 0.1) is 17.1 Å². The van der Waals surface area contributed by atoms with E-state index in [9.17, 15) is 13.2 Å². The number of sulfonamides is 1. The molecule has 5 rings (SSSR count). The van der Waals surface area contributed by atoms with E-state index in [2.05, 4.69) is 4.72 Å². The molecular formula is C28H26N4O3S. The van der Waals surface area contributed by atoms with Crippen molar-refractivity contribution < 1.29 is 13.2 Å². The first-order valence-corrected chi connectivity index (χ1v) is 13.0. The summed E-state index contributed by atoms with van der Waals surface area (Å²) in [5.74, 6) is -0.732. The average Bonchev–Trinajstić information content (AvgIpc) is 3.46. The molecule has 0 spiro atoms. The molecule has 0 saturated heterocycles. The predicted octanol–water partition coefficient (Wildman–Crippen LogP) is 4.83. The second kappa shape index (κ2) is 9.13. The van der Waals surface area contributed by atoms with Gasteiger partial charge in [-0.1, -0.05) is 48.5 Å². The molecule has 2 aromatic heterocycles. The van der Waals surface area contributed by atoms with Crippen molar-refractivity contribution in [3.63, 3.8) is 0 Å². The van der Waals surface area contributed by atoms with Crippen LogP contribution in [0.1, 0.15) is 27.2 Å². The molecule has 0 unspecified atom stereocenters. The van der Waals surface area contributed by atoms with E-state index in [1.165, 1.54) is 12.1 Å². The van der Waals surface area contributed by atoms with Crippen LogP contribution in [-0.2, 0) is 23.6 Å². The molecule has 182 valence electrons. The summed E-state index contributed by atoms with van der Waals surface area (Å²) in [7, 11) is -2.07. The molecule has 0 fully saturated rings. The molecule has 0 aliphatic carbocycles. The Balaban J connectivity index is 1.61. The summed E-state index contributed by atoms with van der Waals surface area (Å²) in [6.07, 6.45) is 1.97. The van der Waals surface area contributed by atoms with Crippen LogP contribution in [0.2, 0.25) is 0 Å². The third-order valence-corrected chi connectivity index (χ3v) is 7.80. The van der Waals surface area contributed by atoms with E-state index in [1.807, 2.05) is 74.1 Å². The minimum absolute atomic E-state index is 0.0217. The van der Waals surface area contributed by atoms with E-state index in [0.717, 1.165) is 33.2 Å². The maximum absolute atomic E-state index is 13.4. The number of carbonyl (C=O) groups excluding carboxylic acids is 1. The lowest BCUT2D eigenvalue weighted by atomic mass is 10.0. The lowest BCUT2D eigenvalue weighted by molar-refractivity contribution is 0.0971. The molecule has 0 saturated carbocycles. The fraction of sp³-hybridized carbons (Fsp3) is 0.143. The number of aryl methyl sites for hydroxylation is 3. The van der Waals surface area contributed by atoms with Crippen molar-refractivity contribution in [1.82, 2.24) is 19.1 Å². The minimum atomic E-state index is -4.04. The number of rotatable bonds is 6. The first-order chi connectivity index (χ1) is 17.2. The summed E-state index contributed by atoms with van der Waals surface area (Å²) < 4.78 is 31.6. The van der Waals surface area contributed by atoms with Crippen molar-refractivity contribution in [2.24, 2.45) is 7.05 Å². The zero-order chi connectivity index (χ0) is 25.4. The molecule has 0 atom stereocenters. The lowest BCUT2D eigenvalue weighted by Gasteiger charge is -2.13. The van der Waals surface area contributed by atoms with Crippen molar-refractivity contribution in [2.75, 3.05) is 0 Å². The fourth-order valence-corrected chi connectivity index (χ4v) is 5.44. The number of fused-ring (bicyclic) bond motifs is 1. The van der Waals surface area contributed by atoms with Crippen molar-refractivity contribution in [1.29, 1.82) is 0 Å². The Morgan fingerprint density at radius 2 is 1.61 bits per heavy atom.